The van der Waals surface area contributed by atoms with Crippen molar-refractivity contribution < 1.29 is 19.1 Å². The molecule has 6 nitrogen and oxygen atoms in total. The van der Waals surface area contributed by atoms with Gasteiger partial charge in [-0.2, -0.15) is 0 Å². The van der Waals surface area contributed by atoms with E-state index in [4.69, 9.17) is 9.47 Å². The maximum atomic E-state index is 12.2. The summed E-state index contributed by atoms with van der Waals surface area (Å²) in [6.45, 7) is 6.19. The zero-order valence-corrected chi connectivity index (χ0v) is 16.2. The van der Waals surface area contributed by atoms with Gasteiger partial charge < -0.3 is 19.7 Å². The summed E-state index contributed by atoms with van der Waals surface area (Å²) in [5.41, 5.74) is 2.75. The first-order valence-electron chi connectivity index (χ1n) is 8.86. The van der Waals surface area contributed by atoms with E-state index in [1.54, 1.807) is 31.3 Å². The minimum atomic E-state index is -0.277. The topological polar surface area (TPSA) is 67.9 Å². The summed E-state index contributed by atoms with van der Waals surface area (Å²) >= 11 is 0. The standard InChI is InChI=1S/C21H26N2O4/c1-5-26-17-9-11-18(12-10-17)27-14-20(25)23(4)13-19(24)22-21-15(2)7-6-8-16(21)3/h6-12H,5,13-14H2,1-4H3,(H,22,24). The molecule has 0 aliphatic heterocycles. The number of anilines is 1. The maximum Gasteiger partial charge on any atom is 0.260 e. The largest absolute Gasteiger partial charge is 0.494 e. The van der Waals surface area contributed by atoms with E-state index < -0.39 is 0 Å². The van der Waals surface area contributed by atoms with Crippen LogP contribution in [0.4, 0.5) is 5.69 Å². The van der Waals surface area contributed by atoms with E-state index in [2.05, 4.69) is 5.32 Å². The summed E-state index contributed by atoms with van der Waals surface area (Å²) in [6, 6.07) is 12.9. The molecule has 2 rings (SSSR count). The van der Waals surface area contributed by atoms with Crippen LogP contribution in [-0.2, 0) is 9.59 Å². The van der Waals surface area contributed by atoms with Crippen LogP contribution in [0.3, 0.4) is 0 Å². The molecule has 6 heteroatoms. The lowest BCUT2D eigenvalue weighted by molar-refractivity contribution is -0.135. The Bertz CT molecular complexity index is 767. The molecule has 0 saturated carbocycles. The van der Waals surface area contributed by atoms with Crippen LogP contribution in [0, 0.1) is 13.8 Å². The average Bonchev–Trinajstić information content (AvgIpc) is 2.64. The number of hydrogen-bond donors (Lipinski definition) is 1. The van der Waals surface area contributed by atoms with Gasteiger partial charge in [-0.15, -0.1) is 0 Å². The second-order valence-electron chi connectivity index (χ2n) is 6.26. The number of rotatable bonds is 8. The van der Waals surface area contributed by atoms with Crippen LogP contribution >= 0.6 is 0 Å². The van der Waals surface area contributed by atoms with Gasteiger partial charge in [0.1, 0.15) is 11.5 Å². The molecule has 27 heavy (non-hydrogen) atoms. The number of para-hydroxylation sites is 1. The van der Waals surface area contributed by atoms with Gasteiger partial charge in [0, 0.05) is 12.7 Å². The molecular weight excluding hydrogens is 344 g/mol. The highest BCUT2D eigenvalue weighted by Crippen LogP contribution is 2.19. The van der Waals surface area contributed by atoms with Gasteiger partial charge in [0.05, 0.1) is 13.2 Å². The maximum absolute atomic E-state index is 12.2. The monoisotopic (exact) mass is 370 g/mol. The summed E-state index contributed by atoms with van der Waals surface area (Å²) in [6.07, 6.45) is 0. The van der Waals surface area contributed by atoms with Gasteiger partial charge in [0.15, 0.2) is 6.61 Å². The molecule has 0 aliphatic carbocycles. The predicted molar refractivity (Wildman–Crippen MR) is 105 cm³/mol. The molecule has 0 spiro atoms. The van der Waals surface area contributed by atoms with Crippen LogP contribution in [0.1, 0.15) is 18.1 Å². The Morgan fingerprint density at radius 1 is 0.963 bits per heavy atom. The molecule has 0 fully saturated rings. The summed E-state index contributed by atoms with van der Waals surface area (Å²) in [7, 11) is 1.58. The molecule has 0 bridgehead atoms. The van der Waals surface area contributed by atoms with Crippen LogP contribution in [-0.4, -0.2) is 43.5 Å². The van der Waals surface area contributed by atoms with E-state index in [9.17, 15) is 9.59 Å². The van der Waals surface area contributed by atoms with E-state index in [1.807, 2.05) is 39.0 Å². The first kappa shape index (κ1) is 20.3. The first-order chi connectivity index (χ1) is 12.9. The number of nitrogens with zero attached hydrogens (tertiary/aromatic N) is 1. The van der Waals surface area contributed by atoms with E-state index in [0.29, 0.717) is 12.4 Å². The third-order valence-electron chi connectivity index (χ3n) is 4.05. The highest BCUT2D eigenvalue weighted by atomic mass is 16.5. The fourth-order valence-electron chi connectivity index (χ4n) is 2.55. The number of hydrogen-bond acceptors (Lipinski definition) is 4. The lowest BCUT2D eigenvalue weighted by atomic mass is 10.1. The normalized spacial score (nSPS) is 10.2. The summed E-state index contributed by atoms with van der Waals surface area (Å²) in [4.78, 5) is 25.8. The second-order valence-corrected chi connectivity index (χ2v) is 6.26. The number of nitrogens with one attached hydrogen (secondary N) is 1. The highest BCUT2D eigenvalue weighted by molar-refractivity contribution is 5.95. The smallest absolute Gasteiger partial charge is 0.260 e. The number of carbonyl (C=O) groups excluding carboxylic acids is 2. The molecule has 2 aromatic carbocycles. The summed E-state index contributed by atoms with van der Waals surface area (Å²) in [5, 5.41) is 2.87. The van der Waals surface area contributed by atoms with E-state index in [-0.39, 0.29) is 25.0 Å². The van der Waals surface area contributed by atoms with Crippen LogP contribution in [0.25, 0.3) is 0 Å². The molecule has 0 saturated heterocycles. The first-order valence-corrected chi connectivity index (χ1v) is 8.86. The van der Waals surface area contributed by atoms with E-state index in [0.717, 1.165) is 22.6 Å². The number of amides is 2. The van der Waals surface area contributed by atoms with E-state index >= 15 is 0 Å². The van der Waals surface area contributed by atoms with E-state index in [1.165, 1.54) is 4.90 Å². The number of likely N-dealkylation sites (N-methyl/N-ethyl adjacent to an activating group) is 1. The molecule has 0 aliphatic rings. The molecule has 0 unspecified atom stereocenters. The van der Waals surface area contributed by atoms with Crippen molar-refractivity contribution in [2.45, 2.75) is 20.8 Å². The van der Waals surface area contributed by atoms with Crippen molar-refractivity contribution in [3.63, 3.8) is 0 Å². The van der Waals surface area contributed by atoms with Crippen molar-refractivity contribution in [2.75, 3.05) is 32.1 Å². The lowest BCUT2D eigenvalue weighted by Crippen LogP contribution is -2.37. The molecular formula is C21H26N2O4. The van der Waals surface area contributed by atoms with Gasteiger partial charge in [0.25, 0.3) is 5.91 Å². The van der Waals surface area contributed by atoms with Crippen LogP contribution in [0.2, 0.25) is 0 Å². The van der Waals surface area contributed by atoms with Gasteiger partial charge >= 0.3 is 0 Å². The van der Waals surface area contributed by atoms with Gasteiger partial charge in [-0.05, 0) is 56.2 Å². The SMILES string of the molecule is CCOc1ccc(OCC(=O)N(C)CC(=O)Nc2c(C)cccc2C)cc1. The van der Waals surface area contributed by atoms with Gasteiger partial charge in [-0.1, -0.05) is 18.2 Å². The Hall–Kier alpha value is -3.02. The Morgan fingerprint density at radius 3 is 2.07 bits per heavy atom. The number of carbonyl (C=O) groups is 2. The molecule has 2 amide bonds. The Balaban J connectivity index is 1.83. The van der Waals surface area contributed by atoms with Gasteiger partial charge in [-0.25, -0.2) is 0 Å². The minimum Gasteiger partial charge on any atom is -0.494 e. The van der Waals surface area contributed by atoms with Crippen molar-refractivity contribution in [3.05, 3.63) is 53.6 Å². The fraction of sp³-hybridized carbons (Fsp3) is 0.333. The minimum absolute atomic E-state index is 0.0424. The quantitative estimate of drug-likeness (QED) is 0.775. The zero-order chi connectivity index (χ0) is 19.8. The Labute approximate surface area is 160 Å². The van der Waals surface area contributed by atoms with Crippen molar-refractivity contribution in [1.29, 1.82) is 0 Å². The van der Waals surface area contributed by atoms with Gasteiger partial charge in [-0.3, -0.25) is 9.59 Å². The number of aryl methyl sites for hydroxylation is 2. The molecule has 2 aromatic rings. The Kier molecular flexibility index (Phi) is 7.23. The van der Waals surface area contributed by atoms with Crippen LogP contribution < -0.4 is 14.8 Å². The second kappa shape index (κ2) is 9.62. The van der Waals surface area contributed by atoms with Crippen molar-refractivity contribution >= 4 is 17.5 Å². The molecule has 0 heterocycles. The van der Waals surface area contributed by atoms with Crippen LogP contribution in [0.5, 0.6) is 11.5 Å². The Morgan fingerprint density at radius 2 is 1.52 bits per heavy atom. The average molecular weight is 370 g/mol. The van der Waals surface area contributed by atoms with Crippen LogP contribution in [0.15, 0.2) is 42.5 Å². The number of benzene rings is 2. The predicted octanol–water partition coefficient (Wildman–Crippen LogP) is 3.18. The third-order valence-corrected chi connectivity index (χ3v) is 4.05. The van der Waals surface area contributed by atoms with Gasteiger partial charge in [0.2, 0.25) is 5.91 Å². The molecule has 0 aromatic heterocycles. The molecule has 0 atom stereocenters. The van der Waals surface area contributed by atoms with Crippen molar-refractivity contribution in [3.8, 4) is 11.5 Å². The molecule has 144 valence electrons. The van der Waals surface area contributed by atoms with Crippen molar-refractivity contribution in [2.24, 2.45) is 0 Å². The lowest BCUT2D eigenvalue weighted by Gasteiger charge is -2.18. The molecule has 0 radical (unpaired) electrons. The highest BCUT2D eigenvalue weighted by Gasteiger charge is 2.15. The fourth-order valence-corrected chi connectivity index (χ4v) is 2.55. The summed E-state index contributed by atoms with van der Waals surface area (Å²) in [5.74, 6) is 0.793. The summed E-state index contributed by atoms with van der Waals surface area (Å²) < 4.78 is 10.8. The number of ether oxygens (including phenoxy) is 2. The zero-order valence-electron chi connectivity index (χ0n) is 16.2. The van der Waals surface area contributed by atoms with Crippen molar-refractivity contribution in [1.82, 2.24) is 4.90 Å². The molecule has 1 N–H and O–H groups in total. The third kappa shape index (κ3) is 6.02.